The molecule has 0 saturated carbocycles. The number of aryl methyl sites for hydroxylation is 1. The molecule has 1 aliphatic carbocycles. The van der Waals surface area contributed by atoms with Crippen molar-refractivity contribution in [2.75, 3.05) is 0 Å². The number of para-hydroxylation sites is 1. The molecule has 2 heterocycles. The predicted octanol–water partition coefficient (Wildman–Crippen LogP) is 21.0. The molecule has 2 heteroatoms. The molecular formula is C75H56N2. The SMILES string of the molecule is C=Cc1ccccc1C.CC.c1ccc(-c2ccc(-c3cccc(-n4c5ccccc5c5cc(-c6ccc7c(c6)c6c8cccc9c8c(cc6n7-c6cccc(-c7ccccc7)c6)-c6ccccc6-9)ccc54)c3)cc2)cc1. The van der Waals surface area contributed by atoms with Crippen molar-refractivity contribution in [3.8, 4) is 78.1 Å². The van der Waals surface area contributed by atoms with Crippen molar-refractivity contribution in [2.24, 2.45) is 0 Å². The van der Waals surface area contributed by atoms with Gasteiger partial charge in [0.05, 0.1) is 22.1 Å². The Kier molecular flexibility index (Phi) is 12.1. The monoisotopic (exact) mass is 984 g/mol. The molecule has 0 aliphatic heterocycles. The van der Waals surface area contributed by atoms with Gasteiger partial charge in [-0.15, -0.1) is 0 Å². The fourth-order valence-electron chi connectivity index (χ4n) is 11.8. The first-order valence-electron chi connectivity index (χ1n) is 26.9. The minimum atomic E-state index is 1.15. The summed E-state index contributed by atoms with van der Waals surface area (Å²) in [7, 11) is 0. The second kappa shape index (κ2) is 19.8. The van der Waals surface area contributed by atoms with Gasteiger partial charge in [-0.05, 0) is 156 Å². The van der Waals surface area contributed by atoms with Crippen molar-refractivity contribution in [3.05, 3.63) is 285 Å². The van der Waals surface area contributed by atoms with Crippen LogP contribution in [-0.4, -0.2) is 9.13 Å². The molecule has 0 unspecified atom stereocenters. The Hall–Kier alpha value is -9.76. The lowest BCUT2D eigenvalue weighted by molar-refractivity contribution is 1.18. The summed E-state index contributed by atoms with van der Waals surface area (Å²) in [5, 5.41) is 7.66. The van der Waals surface area contributed by atoms with E-state index in [1.165, 1.54) is 132 Å². The van der Waals surface area contributed by atoms with E-state index in [0.29, 0.717) is 0 Å². The number of aromatic nitrogens is 2. The van der Waals surface area contributed by atoms with Crippen molar-refractivity contribution in [1.82, 2.24) is 9.13 Å². The number of fused-ring (bicyclic) bond motifs is 10. The third kappa shape index (κ3) is 8.14. The maximum Gasteiger partial charge on any atom is 0.0553 e. The minimum Gasteiger partial charge on any atom is -0.309 e. The average Bonchev–Trinajstić information content (AvgIpc) is 4.36. The van der Waals surface area contributed by atoms with Crippen molar-refractivity contribution in [2.45, 2.75) is 20.8 Å². The zero-order valence-corrected chi connectivity index (χ0v) is 43.6. The smallest absolute Gasteiger partial charge is 0.0553 e. The van der Waals surface area contributed by atoms with E-state index < -0.39 is 0 Å². The number of nitrogens with zero attached hydrogens (tertiary/aromatic N) is 2. The van der Waals surface area contributed by atoms with E-state index in [-0.39, 0.29) is 0 Å². The van der Waals surface area contributed by atoms with E-state index in [1.807, 2.05) is 32.1 Å². The van der Waals surface area contributed by atoms with Crippen LogP contribution in [0.4, 0.5) is 0 Å². The van der Waals surface area contributed by atoms with E-state index in [2.05, 4.69) is 277 Å². The Morgan fingerprint density at radius 2 is 0.714 bits per heavy atom. The van der Waals surface area contributed by atoms with Gasteiger partial charge in [0.25, 0.3) is 0 Å². The maximum atomic E-state index is 3.69. The van der Waals surface area contributed by atoms with Gasteiger partial charge in [0.2, 0.25) is 0 Å². The Bertz CT molecular complexity index is 4530. The van der Waals surface area contributed by atoms with E-state index in [9.17, 15) is 0 Å². The molecule has 1 aliphatic rings. The molecule has 0 spiro atoms. The topological polar surface area (TPSA) is 9.86 Å². The highest BCUT2D eigenvalue weighted by molar-refractivity contribution is 6.29. The van der Waals surface area contributed by atoms with Gasteiger partial charge in [-0.25, -0.2) is 0 Å². The number of benzene rings is 12. The minimum absolute atomic E-state index is 1.15. The maximum absolute atomic E-state index is 3.69. The Labute approximate surface area is 450 Å². The van der Waals surface area contributed by atoms with Gasteiger partial charge in [-0.3, -0.25) is 0 Å². The van der Waals surface area contributed by atoms with Crippen molar-refractivity contribution in [3.63, 3.8) is 0 Å². The molecule has 0 saturated heterocycles. The molecule has 366 valence electrons. The molecule has 0 bridgehead atoms. The number of hydrogen-bond acceptors (Lipinski definition) is 0. The van der Waals surface area contributed by atoms with Crippen LogP contribution in [0.1, 0.15) is 25.0 Å². The normalized spacial score (nSPS) is 11.4. The van der Waals surface area contributed by atoms with Gasteiger partial charge in [-0.2, -0.15) is 0 Å². The van der Waals surface area contributed by atoms with E-state index in [0.717, 1.165) is 11.4 Å². The fourth-order valence-corrected chi connectivity index (χ4v) is 11.8. The Morgan fingerprint density at radius 1 is 0.286 bits per heavy atom. The second-order valence-corrected chi connectivity index (χ2v) is 19.7. The molecule has 0 radical (unpaired) electrons. The summed E-state index contributed by atoms with van der Waals surface area (Å²) in [5.41, 5.74) is 24.5. The summed E-state index contributed by atoms with van der Waals surface area (Å²) in [4.78, 5) is 0. The molecule has 14 aromatic rings. The molecular weight excluding hydrogens is 929 g/mol. The lowest BCUT2D eigenvalue weighted by Crippen LogP contribution is -1.95. The van der Waals surface area contributed by atoms with Crippen LogP contribution in [0, 0.1) is 6.92 Å². The summed E-state index contributed by atoms with van der Waals surface area (Å²) in [6.07, 6.45) is 1.87. The highest BCUT2D eigenvalue weighted by Crippen LogP contribution is 2.51. The second-order valence-electron chi connectivity index (χ2n) is 19.7. The largest absolute Gasteiger partial charge is 0.309 e. The first kappa shape index (κ1) is 47.0. The molecule has 0 atom stereocenters. The first-order valence-corrected chi connectivity index (χ1v) is 26.9. The Morgan fingerprint density at radius 3 is 1.35 bits per heavy atom. The molecule has 0 fully saturated rings. The molecule has 0 amide bonds. The van der Waals surface area contributed by atoms with Gasteiger partial charge in [0.1, 0.15) is 0 Å². The average molecular weight is 985 g/mol. The summed E-state index contributed by atoms with van der Waals surface area (Å²) in [6, 6.07) is 97.6. The van der Waals surface area contributed by atoms with Crippen LogP contribution in [0.5, 0.6) is 0 Å². The lowest BCUT2D eigenvalue weighted by Gasteiger charge is -2.12. The van der Waals surface area contributed by atoms with Gasteiger partial charge < -0.3 is 9.13 Å². The third-order valence-corrected chi connectivity index (χ3v) is 15.5. The molecule has 0 N–H and O–H groups in total. The van der Waals surface area contributed by atoms with Gasteiger partial charge in [0, 0.05) is 32.9 Å². The van der Waals surface area contributed by atoms with E-state index in [4.69, 9.17) is 0 Å². The molecule has 2 aromatic heterocycles. The Balaban J connectivity index is 0.000000466. The zero-order chi connectivity index (χ0) is 52.0. The quantitative estimate of drug-likeness (QED) is 0.151. The summed E-state index contributed by atoms with van der Waals surface area (Å²) in [5.74, 6) is 0. The fraction of sp³-hybridized carbons (Fsp3) is 0.0400. The first-order chi connectivity index (χ1) is 38.1. The van der Waals surface area contributed by atoms with E-state index in [1.54, 1.807) is 0 Å². The van der Waals surface area contributed by atoms with Gasteiger partial charge in [-0.1, -0.05) is 233 Å². The van der Waals surface area contributed by atoms with Crippen LogP contribution >= 0.6 is 0 Å². The molecule has 77 heavy (non-hydrogen) atoms. The molecule has 15 rings (SSSR count). The highest BCUT2D eigenvalue weighted by Gasteiger charge is 2.26. The van der Waals surface area contributed by atoms with Crippen LogP contribution in [-0.2, 0) is 0 Å². The van der Waals surface area contributed by atoms with Crippen molar-refractivity contribution >= 4 is 60.5 Å². The van der Waals surface area contributed by atoms with Gasteiger partial charge in [0.15, 0.2) is 0 Å². The predicted molar refractivity (Wildman–Crippen MR) is 331 cm³/mol. The lowest BCUT2D eigenvalue weighted by atomic mass is 9.96. The standard InChI is InChI=1S/C64H40N2.C9H10.C2H6/c1-3-14-41(15-4-1)43-28-30-44(31-29-43)46-19-12-20-49(37-46)65-59-27-10-9-24-53(59)56-38-47(32-34-60(56)65)48-33-35-61-58(39-48)64-55-26-13-25-54-51-22-7-8-23-52(51)57(63(54)55)40-62(64)66(61)50-21-11-18-45(36-50)42-16-5-2-6-17-42;1-3-9-7-5-4-6-8(9)2;1-2/h1-40H;3-7H,1H2,2H3;1-2H3. The van der Waals surface area contributed by atoms with Crippen LogP contribution < -0.4 is 0 Å². The summed E-state index contributed by atoms with van der Waals surface area (Å²) >= 11 is 0. The van der Waals surface area contributed by atoms with Crippen molar-refractivity contribution < 1.29 is 0 Å². The molecule has 12 aromatic carbocycles. The zero-order valence-electron chi connectivity index (χ0n) is 43.6. The van der Waals surface area contributed by atoms with E-state index >= 15 is 0 Å². The number of rotatable bonds is 7. The highest BCUT2D eigenvalue weighted by atomic mass is 15.0. The van der Waals surface area contributed by atoms with Crippen LogP contribution in [0.2, 0.25) is 0 Å². The van der Waals surface area contributed by atoms with Crippen molar-refractivity contribution in [1.29, 1.82) is 0 Å². The number of hydrogen-bond donors (Lipinski definition) is 0. The van der Waals surface area contributed by atoms with Crippen LogP contribution in [0.3, 0.4) is 0 Å². The molecule has 2 nitrogen and oxygen atoms in total. The third-order valence-electron chi connectivity index (χ3n) is 15.5. The van der Waals surface area contributed by atoms with Crippen LogP contribution in [0.25, 0.3) is 139 Å². The van der Waals surface area contributed by atoms with Gasteiger partial charge >= 0.3 is 0 Å². The summed E-state index contributed by atoms with van der Waals surface area (Å²) < 4.78 is 4.92. The summed E-state index contributed by atoms with van der Waals surface area (Å²) in [6.45, 7) is 9.77. The van der Waals surface area contributed by atoms with Crippen LogP contribution in [0.15, 0.2) is 273 Å².